The summed E-state index contributed by atoms with van der Waals surface area (Å²) >= 11 is 0. The van der Waals surface area contributed by atoms with Gasteiger partial charge in [0.05, 0.1) is 7.11 Å². The van der Waals surface area contributed by atoms with Crippen molar-refractivity contribution in [1.29, 1.82) is 0 Å². The van der Waals surface area contributed by atoms with Gasteiger partial charge in [-0.1, -0.05) is 60.7 Å². The molecule has 0 spiro atoms. The second kappa shape index (κ2) is 12.0. The van der Waals surface area contributed by atoms with Gasteiger partial charge in [0.2, 0.25) is 5.91 Å². The maximum atomic E-state index is 13.3. The molecular weight excluding hydrogens is 422 g/mol. The largest absolute Gasteiger partial charge is 0.444 e. The molecule has 2 aromatic carbocycles. The number of hydrogen-bond acceptors (Lipinski definition) is 5. The normalized spacial score (nSPS) is 12.9. The molecule has 2 rings (SSSR count). The smallest absolute Gasteiger partial charge is 0.408 e. The van der Waals surface area contributed by atoms with Crippen LogP contribution in [0.3, 0.4) is 0 Å². The molecule has 178 valence electrons. The van der Waals surface area contributed by atoms with Gasteiger partial charge in [0.15, 0.2) is 0 Å². The zero-order valence-corrected chi connectivity index (χ0v) is 19.8. The molecule has 0 aromatic heterocycles. The fraction of sp³-hybridized carbons (Fsp3) is 0.400. The van der Waals surface area contributed by atoms with Crippen LogP contribution in [0.1, 0.15) is 31.9 Å². The maximum absolute atomic E-state index is 13.3. The summed E-state index contributed by atoms with van der Waals surface area (Å²) in [5, 5.41) is 6.50. The van der Waals surface area contributed by atoms with Crippen LogP contribution in [0.25, 0.3) is 0 Å². The first-order chi connectivity index (χ1) is 15.6. The summed E-state index contributed by atoms with van der Waals surface area (Å²) < 4.78 is 5.33. The SMILES string of the molecule is CON(C)C(=O)[C@H](Cc1ccccc1)NC(=O)[C@H](Cc1ccccc1)NC(=O)OC(C)(C)C. The van der Waals surface area contributed by atoms with Crippen LogP contribution in [0.2, 0.25) is 0 Å². The van der Waals surface area contributed by atoms with E-state index >= 15 is 0 Å². The lowest BCUT2D eigenvalue weighted by Crippen LogP contribution is -2.55. The number of carbonyl (C=O) groups excluding carboxylic acids is 3. The number of benzene rings is 2. The Morgan fingerprint density at radius 2 is 1.33 bits per heavy atom. The number of likely N-dealkylation sites (N-methyl/N-ethyl adjacent to an activating group) is 1. The van der Waals surface area contributed by atoms with Gasteiger partial charge >= 0.3 is 6.09 Å². The van der Waals surface area contributed by atoms with Crippen molar-refractivity contribution in [2.45, 2.75) is 51.3 Å². The van der Waals surface area contributed by atoms with Gasteiger partial charge in [-0.2, -0.15) is 0 Å². The van der Waals surface area contributed by atoms with Crippen molar-refractivity contribution >= 4 is 17.9 Å². The Hall–Kier alpha value is -3.39. The van der Waals surface area contributed by atoms with Crippen molar-refractivity contribution in [1.82, 2.24) is 15.7 Å². The third-order valence-electron chi connectivity index (χ3n) is 4.77. The first-order valence-corrected chi connectivity index (χ1v) is 10.8. The second-order valence-corrected chi connectivity index (χ2v) is 8.66. The lowest BCUT2D eigenvalue weighted by molar-refractivity contribution is -0.171. The Morgan fingerprint density at radius 3 is 1.79 bits per heavy atom. The molecule has 0 aliphatic rings. The minimum absolute atomic E-state index is 0.234. The number of nitrogens with one attached hydrogen (secondary N) is 2. The number of hydrogen-bond donors (Lipinski definition) is 2. The van der Waals surface area contributed by atoms with E-state index in [1.165, 1.54) is 14.2 Å². The predicted molar refractivity (Wildman–Crippen MR) is 125 cm³/mol. The van der Waals surface area contributed by atoms with Crippen LogP contribution in [0, 0.1) is 0 Å². The first kappa shape index (κ1) is 25.9. The van der Waals surface area contributed by atoms with E-state index in [0.717, 1.165) is 16.2 Å². The molecular formula is C25H33N3O5. The van der Waals surface area contributed by atoms with Crippen molar-refractivity contribution in [3.05, 3.63) is 71.8 Å². The van der Waals surface area contributed by atoms with Crippen LogP contribution < -0.4 is 10.6 Å². The van der Waals surface area contributed by atoms with Crippen LogP contribution >= 0.6 is 0 Å². The molecule has 0 radical (unpaired) electrons. The zero-order chi connectivity index (χ0) is 24.4. The highest BCUT2D eigenvalue weighted by Crippen LogP contribution is 2.10. The number of carbonyl (C=O) groups is 3. The summed E-state index contributed by atoms with van der Waals surface area (Å²) in [6, 6.07) is 16.8. The fourth-order valence-corrected chi connectivity index (χ4v) is 3.14. The molecule has 8 nitrogen and oxygen atoms in total. The van der Waals surface area contributed by atoms with E-state index in [-0.39, 0.29) is 12.8 Å². The highest BCUT2D eigenvalue weighted by atomic mass is 16.7. The van der Waals surface area contributed by atoms with E-state index in [9.17, 15) is 14.4 Å². The molecule has 2 aromatic rings. The molecule has 0 saturated carbocycles. The first-order valence-electron chi connectivity index (χ1n) is 10.8. The Morgan fingerprint density at radius 1 is 0.848 bits per heavy atom. The number of alkyl carbamates (subject to hydrolysis) is 1. The number of ether oxygens (including phenoxy) is 1. The number of nitrogens with zero attached hydrogens (tertiary/aromatic N) is 1. The fourth-order valence-electron chi connectivity index (χ4n) is 3.14. The number of amides is 3. The van der Waals surface area contributed by atoms with Crippen molar-refractivity contribution in [2.75, 3.05) is 14.2 Å². The molecule has 8 heteroatoms. The van der Waals surface area contributed by atoms with Crippen molar-refractivity contribution < 1.29 is 24.0 Å². The van der Waals surface area contributed by atoms with Crippen molar-refractivity contribution in [3.8, 4) is 0 Å². The van der Waals surface area contributed by atoms with Gasteiger partial charge in [0, 0.05) is 19.9 Å². The molecule has 2 atom stereocenters. The van der Waals surface area contributed by atoms with Gasteiger partial charge in [0.25, 0.3) is 5.91 Å². The molecule has 0 aliphatic heterocycles. The van der Waals surface area contributed by atoms with Gasteiger partial charge < -0.3 is 15.4 Å². The van der Waals surface area contributed by atoms with E-state index in [1.807, 2.05) is 60.7 Å². The van der Waals surface area contributed by atoms with Crippen LogP contribution in [0.5, 0.6) is 0 Å². The van der Waals surface area contributed by atoms with E-state index < -0.39 is 35.6 Å². The minimum atomic E-state index is -0.943. The van der Waals surface area contributed by atoms with Gasteiger partial charge in [-0.25, -0.2) is 9.86 Å². The molecule has 0 saturated heterocycles. The topological polar surface area (TPSA) is 97.0 Å². The molecule has 2 N–H and O–H groups in total. The quantitative estimate of drug-likeness (QED) is 0.567. The summed E-state index contributed by atoms with van der Waals surface area (Å²) in [6.07, 6.45) is -0.208. The molecule has 33 heavy (non-hydrogen) atoms. The van der Waals surface area contributed by atoms with Gasteiger partial charge in [0.1, 0.15) is 17.7 Å². The molecule has 0 heterocycles. The molecule has 0 bridgehead atoms. The Balaban J connectivity index is 2.23. The predicted octanol–water partition coefficient (Wildman–Crippen LogP) is 2.87. The van der Waals surface area contributed by atoms with Crippen molar-refractivity contribution in [3.63, 3.8) is 0 Å². The van der Waals surface area contributed by atoms with E-state index in [0.29, 0.717) is 0 Å². The molecule has 3 amide bonds. The summed E-state index contributed by atoms with van der Waals surface area (Å²) in [5.74, 6) is -0.908. The monoisotopic (exact) mass is 455 g/mol. The van der Waals surface area contributed by atoms with Crippen LogP contribution in [-0.2, 0) is 32.0 Å². The van der Waals surface area contributed by atoms with Gasteiger partial charge in [-0.05, 0) is 31.9 Å². The van der Waals surface area contributed by atoms with Crippen LogP contribution in [-0.4, -0.2) is 54.8 Å². The third-order valence-corrected chi connectivity index (χ3v) is 4.77. The highest BCUT2D eigenvalue weighted by Gasteiger charge is 2.30. The summed E-state index contributed by atoms with van der Waals surface area (Å²) in [4.78, 5) is 43.6. The van der Waals surface area contributed by atoms with Crippen LogP contribution in [0.4, 0.5) is 4.79 Å². The van der Waals surface area contributed by atoms with Crippen molar-refractivity contribution in [2.24, 2.45) is 0 Å². The Labute approximate surface area is 195 Å². The zero-order valence-electron chi connectivity index (χ0n) is 19.8. The number of hydroxylamine groups is 2. The lowest BCUT2D eigenvalue weighted by Gasteiger charge is -2.27. The minimum Gasteiger partial charge on any atom is -0.444 e. The van der Waals surface area contributed by atoms with Gasteiger partial charge in [-0.3, -0.25) is 14.4 Å². The average molecular weight is 456 g/mol. The average Bonchev–Trinajstić information content (AvgIpc) is 2.77. The van der Waals surface area contributed by atoms with E-state index in [1.54, 1.807) is 20.8 Å². The summed E-state index contributed by atoms with van der Waals surface area (Å²) in [5.41, 5.74) is 1.01. The molecule has 0 unspecified atom stereocenters. The van der Waals surface area contributed by atoms with Gasteiger partial charge in [-0.15, -0.1) is 0 Å². The molecule has 0 fully saturated rings. The highest BCUT2D eigenvalue weighted by molar-refractivity contribution is 5.91. The van der Waals surface area contributed by atoms with Crippen LogP contribution in [0.15, 0.2) is 60.7 Å². The Kier molecular flexibility index (Phi) is 9.42. The number of rotatable bonds is 9. The third kappa shape index (κ3) is 8.94. The second-order valence-electron chi connectivity index (χ2n) is 8.66. The van der Waals surface area contributed by atoms with E-state index in [2.05, 4.69) is 10.6 Å². The molecule has 0 aliphatic carbocycles. The Bertz CT molecular complexity index is 913. The standard InChI is InChI=1S/C25H33N3O5/c1-25(2,3)33-24(31)27-20(16-18-12-8-6-9-13-18)22(29)26-21(23(30)28(4)32-5)17-19-14-10-7-11-15-19/h6-15,20-21H,16-17H2,1-5H3,(H,26,29)(H,27,31)/t20-,21-/m0/s1. The summed E-state index contributed by atoms with van der Waals surface area (Å²) in [6.45, 7) is 5.23. The lowest BCUT2D eigenvalue weighted by atomic mass is 10.0. The summed E-state index contributed by atoms with van der Waals surface area (Å²) in [7, 11) is 2.86. The maximum Gasteiger partial charge on any atom is 0.408 e. The van der Waals surface area contributed by atoms with E-state index in [4.69, 9.17) is 9.57 Å².